The van der Waals surface area contributed by atoms with Gasteiger partial charge in [-0.2, -0.15) is 0 Å². The van der Waals surface area contributed by atoms with Crippen LogP contribution in [0.1, 0.15) is 13.8 Å². The Labute approximate surface area is 119 Å². The Kier molecular flexibility index (Phi) is 19.2. The van der Waals surface area contributed by atoms with Gasteiger partial charge >= 0.3 is 5.97 Å². The van der Waals surface area contributed by atoms with Crippen LogP contribution in [0.25, 0.3) is 0 Å². The SMILES string of the molecule is CC=C(C)C(=O)O.OCCOCCOCCOCCO. The molecule has 0 radical (unpaired) electrons. The fraction of sp³-hybridized carbons (Fsp3) is 0.769. The lowest BCUT2D eigenvalue weighted by Gasteiger charge is -2.04. The summed E-state index contributed by atoms with van der Waals surface area (Å²) in [7, 11) is 0. The Morgan fingerprint density at radius 1 is 0.900 bits per heavy atom. The van der Waals surface area contributed by atoms with Gasteiger partial charge in [-0.15, -0.1) is 0 Å². The van der Waals surface area contributed by atoms with E-state index in [0.29, 0.717) is 45.2 Å². The molecule has 0 saturated carbocycles. The smallest absolute Gasteiger partial charge is 0.330 e. The average Bonchev–Trinajstić information content (AvgIpc) is 2.45. The van der Waals surface area contributed by atoms with Crippen molar-refractivity contribution < 1.29 is 34.3 Å². The average molecular weight is 294 g/mol. The van der Waals surface area contributed by atoms with Gasteiger partial charge in [0.2, 0.25) is 0 Å². The highest BCUT2D eigenvalue weighted by molar-refractivity contribution is 5.85. The van der Waals surface area contributed by atoms with Gasteiger partial charge in [0.25, 0.3) is 0 Å². The molecule has 0 atom stereocenters. The van der Waals surface area contributed by atoms with Crippen LogP contribution in [0.3, 0.4) is 0 Å². The number of aliphatic carboxylic acids is 1. The molecule has 7 heteroatoms. The van der Waals surface area contributed by atoms with Crippen LogP contribution in [0.15, 0.2) is 11.6 Å². The van der Waals surface area contributed by atoms with Crippen molar-refractivity contribution in [2.24, 2.45) is 0 Å². The highest BCUT2D eigenvalue weighted by Crippen LogP contribution is 1.87. The topological polar surface area (TPSA) is 105 Å². The third-order valence-electron chi connectivity index (χ3n) is 1.99. The van der Waals surface area contributed by atoms with Gasteiger partial charge in [-0.05, 0) is 13.8 Å². The molecule has 0 aromatic carbocycles. The molecule has 0 bridgehead atoms. The van der Waals surface area contributed by atoms with Crippen molar-refractivity contribution in [2.75, 3.05) is 52.9 Å². The van der Waals surface area contributed by atoms with Crippen molar-refractivity contribution in [1.29, 1.82) is 0 Å². The molecule has 0 aromatic rings. The highest BCUT2D eigenvalue weighted by atomic mass is 16.5. The van der Waals surface area contributed by atoms with Gasteiger partial charge in [-0.1, -0.05) is 6.08 Å². The summed E-state index contributed by atoms with van der Waals surface area (Å²) < 4.78 is 15.0. The minimum Gasteiger partial charge on any atom is -0.478 e. The quantitative estimate of drug-likeness (QED) is 0.365. The molecule has 0 unspecified atom stereocenters. The third-order valence-corrected chi connectivity index (χ3v) is 1.99. The number of aliphatic hydroxyl groups excluding tert-OH is 2. The lowest BCUT2D eigenvalue weighted by atomic mass is 10.3. The van der Waals surface area contributed by atoms with E-state index in [4.69, 9.17) is 29.5 Å². The summed E-state index contributed by atoms with van der Waals surface area (Å²) in [5.41, 5.74) is 0.389. The third kappa shape index (κ3) is 19.4. The second-order valence-corrected chi connectivity index (χ2v) is 3.56. The maximum atomic E-state index is 9.86. The van der Waals surface area contributed by atoms with Gasteiger partial charge in [-0.3, -0.25) is 0 Å². The monoisotopic (exact) mass is 294 g/mol. The molecule has 0 saturated heterocycles. The second-order valence-electron chi connectivity index (χ2n) is 3.56. The molecule has 0 aliphatic carbocycles. The van der Waals surface area contributed by atoms with E-state index in [9.17, 15) is 4.79 Å². The van der Waals surface area contributed by atoms with Crippen LogP contribution in [0.2, 0.25) is 0 Å². The van der Waals surface area contributed by atoms with Gasteiger partial charge in [0, 0.05) is 5.57 Å². The molecule has 0 aliphatic heterocycles. The van der Waals surface area contributed by atoms with E-state index in [1.54, 1.807) is 19.9 Å². The Morgan fingerprint density at radius 3 is 1.45 bits per heavy atom. The number of hydrogen-bond donors (Lipinski definition) is 3. The molecule has 120 valence electrons. The second kappa shape index (κ2) is 18.0. The molecular weight excluding hydrogens is 268 g/mol. The summed E-state index contributed by atoms with van der Waals surface area (Å²) in [5, 5.41) is 24.8. The molecule has 0 spiro atoms. The largest absolute Gasteiger partial charge is 0.478 e. The Bertz CT molecular complexity index is 231. The van der Waals surface area contributed by atoms with E-state index in [-0.39, 0.29) is 13.2 Å². The fourth-order valence-corrected chi connectivity index (χ4v) is 0.794. The fourth-order valence-electron chi connectivity index (χ4n) is 0.794. The zero-order valence-electron chi connectivity index (χ0n) is 12.2. The first-order valence-corrected chi connectivity index (χ1v) is 6.41. The Balaban J connectivity index is 0. The number of carboxylic acids is 1. The van der Waals surface area contributed by atoms with Crippen LogP contribution in [0.4, 0.5) is 0 Å². The van der Waals surface area contributed by atoms with Gasteiger partial charge in [0.05, 0.1) is 52.9 Å². The molecular formula is C13H26O7. The van der Waals surface area contributed by atoms with Crippen LogP contribution >= 0.6 is 0 Å². The van der Waals surface area contributed by atoms with E-state index in [1.807, 2.05) is 0 Å². The summed E-state index contributed by atoms with van der Waals surface area (Å²) in [5.74, 6) is -0.845. The van der Waals surface area contributed by atoms with Crippen LogP contribution in [0.5, 0.6) is 0 Å². The number of ether oxygens (including phenoxy) is 3. The summed E-state index contributed by atoms with van der Waals surface area (Å²) in [4.78, 5) is 9.86. The van der Waals surface area contributed by atoms with Gasteiger partial charge in [0.15, 0.2) is 0 Å². The zero-order chi connectivity index (χ0) is 15.6. The minimum absolute atomic E-state index is 0.0413. The van der Waals surface area contributed by atoms with Gasteiger partial charge in [0.1, 0.15) is 0 Å². The lowest BCUT2D eigenvalue weighted by Crippen LogP contribution is -2.11. The molecule has 0 fully saturated rings. The highest BCUT2D eigenvalue weighted by Gasteiger charge is 1.93. The van der Waals surface area contributed by atoms with Crippen LogP contribution in [0, 0.1) is 0 Å². The maximum absolute atomic E-state index is 9.86. The lowest BCUT2D eigenvalue weighted by molar-refractivity contribution is -0.132. The van der Waals surface area contributed by atoms with Crippen LogP contribution in [-0.4, -0.2) is 74.1 Å². The molecule has 0 rings (SSSR count). The van der Waals surface area contributed by atoms with Crippen LogP contribution < -0.4 is 0 Å². The molecule has 0 heterocycles. The number of rotatable bonds is 11. The van der Waals surface area contributed by atoms with E-state index in [0.717, 1.165) is 0 Å². The van der Waals surface area contributed by atoms with E-state index >= 15 is 0 Å². The first-order valence-electron chi connectivity index (χ1n) is 6.41. The summed E-state index contributed by atoms with van der Waals surface area (Å²) in [6.45, 7) is 6.02. The minimum atomic E-state index is -0.845. The summed E-state index contributed by atoms with van der Waals surface area (Å²) in [6, 6.07) is 0. The molecule has 0 aliphatic rings. The number of carboxylic acid groups (broad SMARTS) is 1. The predicted octanol–water partition coefficient (Wildman–Crippen LogP) is 0.0580. The number of allylic oxidation sites excluding steroid dienone is 1. The van der Waals surface area contributed by atoms with Crippen molar-refractivity contribution in [3.05, 3.63) is 11.6 Å². The first-order chi connectivity index (χ1) is 9.59. The van der Waals surface area contributed by atoms with E-state index in [1.165, 1.54) is 0 Å². The maximum Gasteiger partial charge on any atom is 0.330 e. The molecule has 7 nitrogen and oxygen atoms in total. The van der Waals surface area contributed by atoms with Crippen LogP contribution in [-0.2, 0) is 19.0 Å². The van der Waals surface area contributed by atoms with Gasteiger partial charge < -0.3 is 29.5 Å². The first kappa shape index (κ1) is 21.3. The number of aliphatic hydroxyl groups is 2. The standard InChI is InChI=1S/C8H18O5.C5H8O2/c9-1-3-11-5-7-13-8-6-12-4-2-10;1-3-4(2)5(6)7/h9-10H,1-8H2;3H,1-2H3,(H,6,7). The Morgan fingerprint density at radius 2 is 1.25 bits per heavy atom. The molecule has 3 N–H and O–H groups in total. The van der Waals surface area contributed by atoms with E-state index < -0.39 is 5.97 Å². The van der Waals surface area contributed by atoms with Crippen molar-refractivity contribution in [3.8, 4) is 0 Å². The van der Waals surface area contributed by atoms with Crippen molar-refractivity contribution >= 4 is 5.97 Å². The number of carbonyl (C=O) groups is 1. The van der Waals surface area contributed by atoms with Crippen molar-refractivity contribution in [1.82, 2.24) is 0 Å². The number of hydrogen-bond acceptors (Lipinski definition) is 6. The molecule has 0 amide bonds. The summed E-state index contributed by atoms with van der Waals surface area (Å²) in [6.07, 6.45) is 1.56. The van der Waals surface area contributed by atoms with Crippen molar-refractivity contribution in [3.63, 3.8) is 0 Å². The Hall–Kier alpha value is -0.990. The predicted molar refractivity (Wildman–Crippen MR) is 73.7 cm³/mol. The molecule has 20 heavy (non-hydrogen) atoms. The normalized spacial score (nSPS) is 10.9. The molecule has 0 aromatic heterocycles. The van der Waals surface area contributed by atoms with E-state index in [2.05, 4.69) is 0 Å². The van der Waals surface area contributed by atoms with Gasteiger partial charge in [-0.25, -0.2) is 4.79 Å². The summed E-state index contributed by atoms with van der Waals surface area (Å²) >= 11 is 0. The zero-order valence-corrected chi connectivity index (χ0v) is 12.2. The van der Waals surface area contributed by atoms with Crippen molar-refractivity contribution in [2.45, 2.75) is 13.8 Å².